The molecule has 264 valence electrons. The van der Waals surface area contributed by atoms with Crippen LogP contribution in [0.5, 0.6) is 0 Å². The van der Waals surface area contributed by atoms with Gasteiger partial charge in [-0.05, 0) is 113 Å². The second-order valence-corrected chi connectivity index (χ2v) is 15.2. The number of benzene rings is 6. The molecular formula is C52H46N2. The van der Waals surface area contributed by atoms with E-state index in [0.29, 0.717) is 0 Å². The summed E-state index contributed by atoms with van der Waals surface area (Å²) < 4.78 is 2.41. The van der Waals surface area contributed by atoms with Crippen LogP contribution in [0.1, 0.15) is 61.8 Å². The van der Waals surface area contributed by atoms with E-state index in [1.54, 1.807) is 0 Å². The highest BCUT2D eigenvalue weighted by Gasteiger charge is 2.35. The lowest BCUT2D eigenvalue weighted by molar-refractivity contribution is 0.660. The highest BCUT2D eigenvalue weighted by atomic mass is 15.1. The molecule has 6 aromatic carbocycles. The monoisotopic (exact) mass is 698 g/mol. The number of fused-ring (bicyclic) bond motifs is 6. The van der Waals surface area contributed by atoms with E-state index in [9.17, 15) is 0 Å². The second kappa shape index (κ2) is 14.0. The first-order chi connectivity index (χ1) is 26.5. The molecule has 0 fully saturated rings. The molecule has 0 saturated carbocycles. The molecule has 0 radical (unpaired) electrons. The van der Waals surface area contributed by atoms with Crippen molar-refractivity contribution in [3.05, 3.63) is 204 Å². The fourth-order valence-electron chi connectivity index (χ4n) is 8.70. The Morgan fingerprint density at radius 2 is 1.24 bits per heavy atom. The molecule has 10 rings (SSSR count). The largest absolute Gasteiger partial charge is 0.348 e. The third kappa shape index (κ3) is 6.02. The van der Waals surface area contributed by atoms with Crippen LogP contribution in [0, 0.1) is 0 Å². The summed E-state index contributed by atoms with van der Waals surface area (Å²) in [4.78, 5) is 2.31. The Balaban J connectivity index is 0.000000143. The fourth-order valence-corrected chi connectivity index (χ4v) is 8.70. The Morgan fingerprint density at radius 1 is 0.574 bits per heavy atom. The smallest absolute Gasteiger partial charge is 0.0541 e. The molecule has 3 aliphatic carbocycles. The molecule has 54 heavy (non-hydrogen) atoms. The second-order valence-electron chi connectivity index (χ2n) is 15.2. The zero-order chi connectivity index (χ0) is 36.6. The molecule has 2 nitrogen and oxygen atoms in total. The van der Waals surface area contributed by atoms with Crippen molar-refractivity contribution in [2.75, 3.05) is 11.9 Å². The molecule has 1 aromatic heterocycles. The van der Waals surface area contributed by atoms with E-state index in [1.807, 2.05) is 0 Å². The molecule has 0 spiro atoms. The predicted molar refractivity (Wildman–Crippen MR) is 231 cm³/mol. The summed E-state index contributed by atoms with van der Waals surface area (Å²) in [7, 11) is 2.17. The first-order valence-electron chi connectivity index (χ1n) is 19.4. The minimum absolute atomic E-state index is 0.0146. The molecule has 0 unspecified atom stereocenters. The summed E-state index contributed by atoms with van der Waals surface area (Å²) in [5.41, 5.74) is 17.4. The van der Waals surface area contributed by atoms with Crippen LogP contribution in [0.3, 0.4) is 0 Å². The van der Waals surface area contributed by atoms with Crippen LogP contribution in [0.4, 0.5) is 5.69 Å². The number of para-hydroxylation sites is 2. The molecule has 0 bridgehead atoms. The highest BCUT2D eigenvalue weighted by molar-refractivity contribution is 6.09. The van der Waals surface area contributed by atoms with E-state index >= 15 is 0 Å². The van der Waals surface area contributed by atoms with Gasteiger partial charge in [0.15, 0.2) is 0 Å². The van der Waals surface area contributed by atoms with Crippen LogP contribution in [-0.4, -0.2) is 11.6 Å². The van der Waals surface area contributed by atoms with E-state index in [4.69, 9.17) is 0 Å². The summed E-state index contributed by atoms with van der Waals surface area (Å²) in [5.74, 6) is 0. The maximum Gasteiger partial charge on any atom is 0.0541 e. The number of rotatable bonds is 5. The van der Waals surface area contributed by atoms with Gasteiger partial charge in [-0.1, -0.05) is 147 Å². The fraction of sp³-hybridized carbons (Fsp3) is 0.154. The van der Waals surface area contributed by atoms with Crippen LogP contribution in [0.2, 0.25) is 0 Å². The van der Waals surface area contributed by atoms with Gasteiger partial charge in [0.1, 0.15) is 0 Å². The zero-order valence-corrected chi connectivity index (χ0v) is 31.5. The van der Waals surface area contributed by atoms with E-state index in [0.717, 1.165) is 25.7 Å². The van der Waals surface area contributed by atoms with E-state index < -0.39 is 0 Å². The van der Waals surface area contributed by atoms with Gasteiger partial charge in [-0.15, -0.1) is 0 Å². The third-order valence-corrected chi connectivity index (χ3v) is 11.7. The number of hydrogen-bond acceptors (Lipinski definition) is 1. The van der Waals surface area contributed by atoms with E-state index in [2.05, 4.69) is 206 Å². The van der Waals surface area contributed by atoms with E-state index in [1.165, 1.54) is 83.4 Å². The molecule has 0 saturated heterocycles. The lowest BCUT2D eigenvalue weighted by Crippen LogP contribution is -2.17. The van der Waals surface area contributed by atoms with Gasteiger partial charge < -0.3 is 9.47 Å². The van der Waals surface area contributed by atoms with Gasteiger partial charge in [0.25, 0.3) is 0 Å². The molecular weight excluding hydrogens is 653 g/mol. The number of hydrogen-bond donors (Lipinski definition) is 0. The molecule has 0 atom stereocenters. The first-order valence-corrected chi connectivity index (χ1v) is 19.4. The number of aromatic nitrogens is 1. The Labute approximate surface area is 319 Å². The molecule has 0 amide bonds. The molecule has 3 aliphatic rings. The minimum Gasteiger partial charge on any atom is -0.348 e. The highest BCUT2D eigenvalue weighted by Crippen LogP contribution is 2.49. The van der Waals surface area contributed by atoms with Crippen LogP contribution >= 0.6 is 0 Å². The van der Waals surface area contributed by atoms with Gasteiger partial charge in [0.2, 0.25) is 0 Å². The van der Waals surface area contributed by atoms with Crippen molar-refractivity contribution in [1.82, 2.24) is 4.57 Å². The Morgan fingerprint density at radius 3 is 1.93 bits per heavy atom. The average Bonchev–Trinajstić information content (AvgIpc) is 3.70. The van der Waals surface area contributed by atoms with Gasteiger partial charge in [-0.3, -0.25) is 0 Å². The zero-order valence-electron chi connectivity index (χ0n) is 31.5. The van der Waals surface area contributed by atoms with Gasteiger partial charge >= 0.3 is 0 Å². The lowest BCUT2D eigenvalue weighted by Gasteiger charge is -2.26. The SMILES string of the molecule is CC1(C)c2ccccc2-c2ccc(-n3c4ccccc4c4ccccc43)cc21.CN(C1=CC=C(c2ccccc2)CC1)c1ccc(C2=CCCC=C2)cc1. The maximum atomic E-state index is 2.41. The first kappa shape index (κ1) is 33.7. The van der Waals surface area contributed by atoms with Crippen molar-refractivity contribution in [2.45, 2.75) is 44.9 Å². The van der Waals surface area contributed by atoms with Crippen LogP contribution in [-0.2, 0) is 5.41 Å². The van der Waals surface area contributed by atoms with Crippen LogP contribution < -0.4 is 4.90 Å². The van der Waals surface area contributed by atoms with Crippen molar-refractivity contribution in [3.8, 4) is 16.8 Å². The van der Waals surface area contributed by atoms with Crippen LogP contribution in [0.25, 0.3) is 49.8 Å². The molecule has 7 aromatic rings. The van der Waals surface area contributed by atoms with Crippen molar-refractivity contribution in [1.29, 1.82) is 0 Å². The molecule has 2 heteroatoms. The Bertz CT molecular complexity index is 2570. The topological polar surface area (TPSA) is 8.17 Å². The van der Waals surface area contributed by atoms with Crippen molar-refractivity contribution < 1.29 is 0 Å². The van der Waals surface area contributed by atoms with E-state index in [-0.39, 0.29) is 5.41 Å². The number of anilines is 1. The standard InChI is InChI=1S/C27H21N.C25H25N/c1-27(2)23-12-6-3-9-19(23)20-16-15-18(17-24(20)27)28-25-13-7-4-10-21(25)22-11-5-8-14-26(22)28;1-26(24-16-12-22(13-17-24)20-8-4-2-5-9-20)25-18-14-23(15-19-25)21-10-6-3-7-11-21/h3-17H,1-2H3;2,4-6,8-12,14-16,18-19H,3,7,13,17H2,1H3. The van der Waals surface area contributed by atoms with Gasteiger partial charge in [-0.25, -0.2) is 0 Å². The third-order valence-electron chi connectivity index (χ3n) is 11.7. The van der Waals surface area contributed by atoms with Gasteiger partial charge in [0, 0.05) is 40.3 Å². The summed E-state index contributed by atoms with van der Waals surface area (Å²) in [5, 5.41) is 2.61. The average molecular weight is 699 g/mol. The predicted octanol–water partition coefficient (Wildman–Crippen LogP) is 13.7. The summed E-state index contributed by atoms with van der Waals surface area (Å²) in [6.07, 6.45) is 15.9. The van der Waals surface area contributed by atoms with Crippen LogP contribution in [0.15, 0.2) is 182 Å². The molecule has 0 N–H and O–H groups in total. The lowest BCUT2D eigenvalue weighted by atomic mass is 9.82. The maximum absolute atomic E-state index is 2.41. The summed E-state index contributed by atoms with van der Waals surface area (Å²) in [6, 6.07) is 52.8. The summed E-state index contributed by atoms with van der Waals surface area (Å²) >= 11 is 0. The Hall–Kier alpha value is -6.12. The van der Waals surface area contributed by atoms with Gasteiger partial charge in [-0.2, -0.15) is 0 Å². The number of nitrogens with zero attached hydrogens (tertiary/aromatic N) is 2. The van der Waals surface area contributed by atoms with Crippen molar-refractivity contribution in [3.63, 3.8) is 0 Å². The minimum atomic E-state index is 0.0146. The number of allylic oxidation sites excluding steroid dienone is 8. The molecule has 1 heterocycles. The van der Waals surface area contributed by atoms with Crippen molar-refractivity contribution in [2.24, 2.45) is 0 Å². The quantitative estimate of drug-likeness (QED) is 0.174. The molecule has 0 aliphatic heterocycles. The Kier molecular flexibility index (Phi) is 8.75. The summed E-state index contributed by atoms with van der Waals surface area (Å²) in [6.45, 7) is 4.68. The van der Waals surface area contributed by atoms with Gasteiger partial charge in [0.05, 0.1) is 11.0 Å². The van der Waals surface area contributed by atoms with Crippen molar-refractivity contribution >= 4 is 38.6 Å². The normalized spacial score (nSPS) is 15.4.